The van der Waals surface area contributed by atoms with Crippen LogP contribution in [0.15, 0.2) is 72.8 Å². The van der Waals surface area contributed by atoms with Crippen LogP contribution in [0.1, 0.15) is 27.4 Å². The Balaban J connectivity index is 1.56. The minimum Gasteiger partial charge on any atom is -0.497 e. The second kappa shape index (κ2) is 10.4. The number of carbonyl (C=O) groups excluding carboxylic acids is 2. The van der Waals surface area contributed by atoms with Gasteiger partial charge in [-0.05, 0) is 53.6 Å². The molecule has 0 aliphatic carbocycles. The standard InChI is InChI=1S/C27H27FN2O4/c1-33-21-13-9-19(10-14-21)27(32)30-16-23(22-5-3-4-6-25(22)34-2)24(17-30)26(31)29-15-18-7-11-20(28)12-8-18/h3-14,23-24H,15-17H2,1-2H3,(H,29,31). The van der Waals surface area contributed by atoms with E-state index in [1.54, 1.807) is 55.5 Å². The van der Waals surface area contributed by atoms with Gasteiger partial charge in [-0.1, -0.05) is 30.3 Å². The second-order valence-corrected chi connectivity index (χ2v) is 8.24. The van der Waals surface area contributed by atoms with Crippen molar-refractivity contribution in [2.45, 2.75) is 12.5 Å². The predicted octanol–water partition coefficient (Wildman–Crippen LogP) is 4.02. The minimum absolute atomic E-state index is 0.142. The van der Waals surface area contributed by atoms with Gasteiger partial charge in [0.1, 0.15) is 17.3 Å². The minimum atomic E-state index is -0.459. The third-order valence-electron chi connectivity index (χ3n) is 6.20. The molecule has 2 atom stereocenters. The molecule has 4 rings (SSSR count). The maximum atomic E-state index is 13.3. The van der Waals surface area contributed by atoms with Crippen molar-refractivity contribution in [3.05, 3.63) is 95.3 Å². The van der Waals surface area contributed by atoms with Gasteiger partial charge in [-0.15, -0.1) is 0 Å². The highest BCUT2D eigenvalue weighted by Crippen LogP contribution is 2.38. The zero-order chi connectivity index (χ0) is 24.1. The molecule has 0 radical (unpaired) electrons. The lowest BCUT2D eigenvalue weighted by molar-refractivity contribution is -0.125. The molecule has 0 spiro atoms. The van der Waals surface area contributed by atoms with E-state index in [1.807, 2.05) is 24.3 Å². The van der Waals surface area contributed by atoms with Crippen LogP contribution in [-0.2, 0) is 11.3 Å². The van der Waals surface area contributed by atoms with Crippen molar-refractivity contribution in [3.8, 4) is 11.5 Å². The van der Waals surface area contributed by atoms with Crippen LogP contribution in [0.2, 0.25) is 0 Å². The fourth-order valence-electron chi connectivity index (χ4n) is 4.36. The van der Waals surface area contributed by atoms with Gasteiger partial charge in [-0.25, -0.2) is 4.39 Å². The first kappa shape index (κ1) is 23.3. The quantitative estimate of drug-likeness (QED) is 0.576. The lowest BCUT2D eigenvalue weighted by Gasteiger charge is -2.20. The van der Waals surface area contributed by atoms with Gasteiger partial charge in [0.05, 0.1) is 20.1 Å². The first-order chi connectivity index (χ1) is 16.5. The van der Waals surface area contributed by atoms with E-state index in [9.17, 15) is 14.0 Å². The lowest BCUT2D eigenvalue weighted by atomic mass is 9.87. The normalized spacial score (nSPS) is 17.3. The van der Waals surface area contributed by atoms with Crippen molar-refractivity contribution >= 4 is 11.8 Å². The molecule has 1 saturated heterocycles. The van der Waals surface area contributed by atoms with E-state index in [-0.39, 0.29) is 36.6 Å². The first-order valence-corrected chi connectivity index (χ1v) is 11.1. The molecule has 0 saturated carbocycles. The van der Waals surface area contributed by atoms with Crippen molar-refractivity contribution in [2.24, 2.45) is 5.92 Å². The smallest absolute Gasteiger partial charge is 0.253 e. The van der Waals surface area contributed by atoms with E-state index in [0.717, 1.165) is 11.1 Å². The zero-order valence-electron chi connectivity index (χ0n) is 19.2. The summed E-state index contributed by atoms with van der Waals surface area (Å²) in [4.78, 5) is 28.2. The Morgan fingerprint density at radius 2 is 1.65 bits per heavy atom. The maximum absolute atomic E-state index is 13.3. The summed E-state index contributed by atoms with van der Waals surface area (Å²) in [6.45, 7) is 0.948. The summed E-state index contributed by atoms with van der Waals surface area (Å²) in [7, 11) is 3.17. The molecule has 1 aliphatic heterocycles. The molecule has 2 unspecified atom stereocenters. The first-order valence-electron chi connectivity index (χ1n) is 11.1. The Hall–Kier alpha value is -3.87. The van der Waals surface area contributed by atoms with Gasteiger partial charge < -0.3 is 19.7 Å². The van der Waals surface area contributed by atoms with Crippen LogP contribution in [0.3, 0.4) is 0 Å². The Morgan fingerprint density at radius 1 is 0.941 bits per heavy atom. The zero-order valence-corrected chi connectivity index (χ0v) is 19.2. The Morgan fingerprint density at radius 3 is 2.32 bits per heavy atom. The Bertz CT molecular complexity index is 1150. The number of nitrogens with zero attached hydrogens (tertiary/aromatic N) is 1. The topological polar surface area (TPSA) is 67.9 Å². The number of para-hydroxylation sites is 1. The molecule has 0 bridgehead atoms. The molecule has 176 valence electrons. The van der Waals surface area contributed by atoms with E-state index in [4.69, 9.17) is 9.47 Å². The van der Waals surface area contributed by atoms with Crippen molar-refractivity contribution in [1.29, 1.82) is 0 Å². The van der Waals surface area contributed by atoms with Gasteiger partial charge in [0, 0.05) is 31.1 Å². The molecule has 0 aromatic heterocycles. The number of rotatable bonds is 7. The maximum Gasteiger partial charge on any atom is 0.253 e. The SMILES string of the molecule is COc1ccc(C(=O)N2CC(C(=O)NCc3ccc(F)cc3)C(c3ccccc3OC)C2)cc1. The molecule has 3 aromatic rings. The van der Waals surface area contributed by atoms with Gasteiger partial charge in [-0.2, -0.15) is 0 Å². The van der Waals surface area contributed by atoms with E-state index in [0.29, 0.717) is 23.6 Å². The van der Waals surface area contributed by atoms with Gasteiger partial charge in [0.15, 0.2) is 0 Å². The molecule has 7 heteroatoms. The number of carbonyl (C=O) groups is 2. The molecular weight excluding hydrogens is 435 g/mol. The number of hydrogen-bond acceptors (Lipinski definition) is 4. The number of amides is 2. The highest BCUT2D eigenvalue weighted by atomic mass is 19.1. The fraction of sp³-hybridized carbons (Fsp3) is 0.259. The largest absolute Gasteiger partial charge is 0.497 e. The number of halogens is 1. The average Bonchev–Trinajstić information content (AvgIpc) is 3.33. The van der Waals surface area contributed by atoms with Gasteiger partial charge in [0.25, 0.3) is 5.91 Å². The predicted molar refractivity (Wildman–Crippen MR) is 126 cm³/mol. The molecule has 6 nitrogen and oxygen atoms in total. The van der Waals surface area contributed by atoms with Crippen molar-refractivity contribution in [3.63, 3.8) is 0 Å². The molecule has 2 amide bonds. The molecular formula is C27H27FN2O4. The van der Waals surface area contributed by atoms with Crippen LogP contribution < -0.4 is 14.8 Å². The average molecular weight is 463 g/mol. The van der Waals surface area contributed by atoms with Gasteiger partial charge in [0.2, 0.25) is 5.91 Å². The Labute approximate surface area is 198 Å². The number of likely N-dealkylation sites (tertiary alicyclic amines) is 1. The van der Waals surface area contributed by atoms with Crippen LogP contribution in [0.25, 0.3) is 0 Å². The molecule has 1 aliphatic rings. The fourth-order valence-corrected chi connectivity index (χ4v) is 4.36. The Kier molecular flexibility index (Phi) is 7.11. The van der Waals surface area contributed by atoms with Crippen molar-refractivity contribution < 1.29 is 23.5 Å². The van der Waals surface area contributed by atoms with E-state index < -0.39 is 5.92 Å². The summed E-state index contributed by atoms with van der Waals surface area (Å²) >= 11 is 0. The number of benzene rings is 3. The van der Waals surface area contributed by atoms with Crippen LogP contribution in [0.4, 0.5) is 4.39 Å². The molecule has 1 fully saturated rings. The number of nitrogens with one attached hydrogen (secondary N) is 1. The molecule has 1 N–H and O–H groups in total. The number of methoxy groups -OCH3 is 2. The van der Waals surface area contributed by atoms with E-state index in [1.165, 1.54) is 12.1 Å². The van der Waals surface area contributed by atoms with Crippen LogP contribution in [0, 0.1) is 11.7 Å². The van der Waals surface area contributed by atoms with Crippen molar-refractivity contribution in [2.75, 3.05) is 27.3 Å². The molecule has 34 heavy (non-hydrogen) atoms. The van der Waals surface area contributed by atoms with Crippen molar-refractivity contribution in [1.82, 2.24) is 10.2 Å². The molecule has 3 aromatic carbocycles. The third-order valence-corrected chi connectivity index (χ3v) is 6.20. The third kappa shape index (κ3) is 5.03. The lowest BCUT2D eigenvalue weighted by Crippen LogP contribution is -2.35. The summed E-state index contributed by atoms with van der Waals surface area (Å²) < 4.78 is 23.9. The van der Waals surface area contributed by atoms with Gasteiger partial charge >= 0.3 is 0 Å². The second-order valence-electron chi connectivity index (χ2n) is 8.24. The number of ether oxygens (including phenoxy) is 2. The summed E-state index contributed by atoms with van der Waals surface area (Å²) in [6, 6.07) is 20.5. The summed E-state index contributed by atoms with van der Waals surface area (Å²) in [5.74, 6) is 0.0347. The number of hydrogen-bond donors (Lipinski definition) is 1. The van der Waals surface area contributed by atoms with E-state index >= 15 is 0 Å². The monoisotopic (exact) mass is 462 g/mol. The van der Waals surface area contributed by atoms with Gasteiger partial charge in [-0.3, -0.25) is 9.59 Å². The van der Waals surface area contributed by atoms with Crippen LogP contribution >= 0.6 is 0 Å². The summed E-state index contributed by atoms with van der Waals surface area (Å²) in [5, 5.41) is 2.96. The summed E-state index contributed by atoms with van der Waals surface area (Å²) in [6.07, 6.45) is 0. The molecule has 1 heterocycles. The van der Waals surface area contributed by atoms with E-state index in [2.05, 4.69) is 5.32 Å². The van der Waals surface area contributed by atoms with Crippen LogP contribution in [-0.4, -0.2) is 44.0 Å². The van der Waals surface area contributed by atoms with Crippen LogP contribution in [0.5, 0.6) is 11.5 Å². The summed E-state index contributed by atoms with van der Waals surface area (Å²) in [5.41, 5.74) is 2.22. The highest BCUT2D eigenvalue weighted by Gasteiger charge is 2.41. The highest BCUT2D eigenvalue weighted by molar-refractivity contribution is 5.95.